The molecule has 0 unspecified atom stereocenters. The van der Waals surface area contributed by atoms with Crippen molar-refractivity contribution in [3.8, 4) is 0 Å². The third kappa shape index (κ3) is 8.11. The van der Waals surface area contributed by atoms with Crippen LogP contribution in [-0.4, -0.2) is 50.0 Å². The molecule has 4 rings (SSSR count). The van der Waals surface area contributed by atoms with Gasteiger partial charge in [0, 0.05) is 24.0 Å². The molecule has 41 heavy (non-hydrogen) atoms. The van der Waals surface area contributed by atoms with Gasteiger partial charge in [-0.15, -0.1) is 0 Å². The molecule has 2 amide bonds. The van der Waals surface area contributed by atoms with Crippen molar-refractivity contribution in [3.05, 3.63) is 100 Å². The zero-order chi connectivity index (χ0) is 29.6. The molecule has 1 atom stereocenters. The predicted octanol–water partition coefficient (Wildman–Crippen LogP) is 5.42. The zero-order valence-corrected chi connectivity index (χ0v) is 25.4. The average molecular weight is 596 g/mol. The molecular formula is C32H38ClN3O4S. The summed E-state index contributed by atoms with van der Waals surface area (Å²) in [6, 6.07) is 21.2. The summed E-state index contributed by atoms with van der Waals surface area (Å²) in [6.45, 7) is 3.44. The topological polar surface area (TPSA) is 86.8 Å². The standard InChI is InChI=1S/C32H38ClN3O4S/c1-23-17-18-28(19-24(23)2)36(41(3,39)40)22-31(37)35(21-26-13-7-10-16-29(26)33)30(20-25-11-5-4-6-12-25)32(38)34-27-14-8-9-15-27/h4-7,10-13,16-19,27,30H,8-9,14-15,20-22H2,1-3H3,(H,34,38)/t30-/m0/s1. The van der Waals surface area contributed by atoms with Crippen molar-refractivity contribution in [2.75, 3.05) is 17.1 Å². The minimum Gasteiger partial charge on any atom is -0.352 e. The van der Waals surface area contributed by atoms with Crippen molar-refractivity contribution in [2.45, 2.75) is 64.6 Å². The van der Waals surface area contributed by atoms with E-state index in [0.29, 0.717) is 16.3 Å². The molecule has 0 spiro atoms. The molecule has 0 radical (unpaired) electrons. The first-order valence-electron chi connectivity index (χ1n) is 13.9. The van der Waals surface area contributed by atoms with Gasteiger partial charge in [-0.3, -0.25) is 13.9 Å². The smallest absolute Gasteiger partial charge is 0.244 e. The van der Waals surface area contributed by atoms with E-state index in [4.69, 9.17) is 11.6 Å². The monoisotopic (exact) mass is 595 g/mol. The van der Waals surface area contributed by atoms with Crippen molar-refractivity contribution < 1.29 is 18.0 Å². The van der Waals surface area contributed by atoms with Crippen molar-refractivity contribution in [1.29, 1.82) is 0 Å². The maximum absolute atomic E-state index is 14.2. The lowest BCUT2D eigenvalue weighted by Gasteiger charge is -2.34. The van der Waals surface area contributed by atoms with Crippen LogP contribution in [0.3, 0.4) is 0 Å². The lowest BCUT2D eigenvalue weighted by molar-refractivity contribution is -0.140. The van der Waals surface area contributed by atoms with E-state index in [1.54, 1.807) is 24.3 Å². The third-order valence-corrected chi connectivity index (χ3v) is 9.24. The number of nitrogens with zero attached hydrogens (tertiary/aromatic N) is 2. The number of sulfonamides is 1. The SMILES string of the molecule is Cc1ccc(N(CC(=O)N(Cc2ccccc2Cl)[C@@H](Cc2ccccc2)C(=O)NC2CCCC2)S(C)(=O)=O)cc1C. The van der Waals surface area contributed by atoms with E-state index in [1.165, 1.54) is 4.90 Å². The number of rotatable bonds is 11. The Kier molecular flexibility index (Phi) is 10.1. The second-order valence-electron chi connectivity index (χ2n) is 10.8. The highest BCUT2D eigenvalue weighted by molar-refractivity contribution is 7.92. The molecule has 1 fully saturated rings. The number of carbonyl (C=O) groups excluding carboxylic acids is 2. The Balaban J connectivity index is 1.74. The van der Waals surface area contributed by atoms with Crippen LogP contribution in [-0.2, 0) is 32.6 Å². The lowest BCUT2D eigenvalue weighted by Crippen LogP contribution is -2.54. The Bertz CT molecular complexity index is 1470. The van der Waals surface area contributed by atoms with E-state index in [2.05, 4.69) is 5.32 Å². The van der Waals surface area contributed by atoms with Gasteiger partial charge < -0.3 is 10.2 Å². The Morgan fingerprint density at radius 1 is 0.951 bits per heavy atom. The Hall–Kier alpha value is -3.36. The molecule has 0 saturated heterocycles. The number of hydrogen-bond acceptors (Lipinski definition) is 4. The van der Waals surface area contributed by atoms with Crippen LogP contribution < -0.4 is 9.62 Å². The molecule has 3 aromatic rings. The second kappa shape index (κ2) is 13.5. The molecule has 218 valence electrons. The van der Waals surface area contributed by atoms with Gasteiger partial charge in [0.25, 0.3) is 0 Å². The van der Waals surface area contributed by atoms with Gasteiger partial charge in [-0.05, 0) is 67.1 Å². The maximum Gasteiger partial charge on any atom is 0.244 e. The first kappa shape index (κ1) is 30.6. The summed E-state index contributed by atoms with van der Waals surface area (Å²) in [5, 5.41) is 3.63. The zero-order valence-electron chi connectivity index (χ0n) is 23.8. The summed E-state index contributed by atoms with van der Waals surface area (Å²) < 4.78 is 27.1. The van der Waals surface area contributed by atoms with Crippen LogP contribution in [0.5, 0.6) is 0 Å². The number of amides is 2. The highest BCUT2D eigenvalue weighted by Crippen LogP contribution is 2.25. The van der Waals surface area contributed by atoms with Gasteiger partial charge in [0.2, 0.25) is 21.8 Å². The van der Waals surface area contributed by atoms with Crippen molar-refractivity contribution in [1.82, 2.24) is 10.2 Å². The summed E-state index contributed by atoms with van der Waals surface area (Å²) in [5.74, 6) is -0.741. The number of nitrogens with one attached hydrogen (secondary N) is 1. The largest absolute Gasteiger partial charge is 0.352 e. The van der Waals surface area contributed by atoms with Gasteiger partial charge in [0.1, 0.15) is 12.6 Å². The summed E-state index contributed by atoms with van der Waals surface area (Å²) in [6.07, 6.45) is 5.26. The van der Waals surface area contributed by atoms with Crippen molar-refractivity contribution in [3.63, 3.8) is 0 Å². The summed E-state index contributed by atoms with van der Waals surface area (Å²) in [7, 11) is -3.82. The fourth-order valence-corrected chi connectivity index (χ4v) is 6.26. The van der Waals surface area contributed by atoms with Crippen LogP contribution in [0.4, 0.5) is 5.69 Å². The highest BCUT2D eigenvalue weighted by Gasteiger charge is 2.34. The van der Waals surface area contributed by atoms with E-state index in [1.807, 2.05) is 62.4 Å². The molecular weight excluding hydrogens is 558 g/mol. The highest BCUT2D eigenvalue weighted by atomic mass is 35.5. The molecule has 0 bridgehead atoms. The summed E-state index contributed by atoms with van der Waals surface area (Å²) in [5.41, 5.74) is 3.89. The second-order valence-corrected chi connectivity index (χ2v) is 13.2. The normalized spacial score (nSPS) is 14.4. The number of benzene rings is 3. The number of anilines is 1. The maximum atomic E-state index is 14.2. The fraction of sp³-hybridized carbons (Fsp3) is 0.375. The number of carbonyl (C=O) groups is 2. The lowest BCUT2D eigenvalue weighted by atomic mass is 10.0. The molecule has 0 aromatic heterocycles. The average Bonchev–Trinajstić information content (AvgIpc) is 3.44. The molecule has 1 saturated carbocycles. The molecule has 7 nitrogen and oxygen atoms in total. The van der Waals surface area contributed by atoms with Crippen LogP contribution in [0, 0.1) is 13.8 Å². The predicted molar refractivity (Wildman–Crippen MR) is 164 cm³/mol. The molecule has 3 aromatic carbocycles. The van der Waals surface area contributed by atoms with E-state index < -0.39 is 28.5 Å². The number of halogens is 1. The Morgan fingerprint density at radius 3 is 2.24 bits per heavy atom. The minimum absolute atomic E-state index is 0.0542. The third-order valence-electron chi connectivity index (χ3n) is 7.73. The molecule has 0 heterocycles. The van der Waals surface area contributed by atoms with E-state index >= 15 is 0 Å². The van der Waals surface area contributed by atoms with Crippen molar-refractivity contribution >= 4 is 39.1 Å². The van der Waals surface area contributed by atoms with Gasteiger partial charge in [0.15, 0.2) is 0 Å². The molecule has 1 aliphatic carbocycles. The Morgan fingerprint density at radius 2 is 1.61 bits per heavy atom. The van der Waals surface area contributed by atoms with Crippen LogP contribution >= 0.6 is 11.6 Å². The van der Waals surface area contributed by atoms with Gasteiger partial charge in [-0.1, -0.05) is 79.0 Å². The first-order valence-corrected chi connectivity index (χ1v) is 16.2. The Labute approximate surface area is 248 Å². The van der Waals surface area contributed by atoms with Crippen LogP contribution in [0.2, 0.25) is 5.02 Å². The molecule has 1 aliphatic rings. The minimum atomic E-state index is -3.82. The molecule has 0 aliphatic heterocycles. The van der Waals surface area contributed by atoms with E-state index in [-0.39, 0.29) is 24.9 Å². The fourth-order valence-electron chi connectivity index (χ4n) is 5.23. The quantitative estimate of drug-likeness (QED) is 0.321. The van der Waals surface area contributed by atoms with Gasteiger partial charge in [0.05, 0.1) is 11.9 Å². The molecule has 1 N–H and O–H groups in total. The van der Waals surface area contributed by atoms with Gasteiger partial charge in [-0.2, -0.15) is 0 Å². The van der Waals surface area contributed by atoms with Gasteiger partial charge >= 0.3 is 0 Å². The van der Waals surface area contributed by atoms with Crippen molar-refractivity contribution in [2.24, 2.45) is 0 Å². The van der Waals surface area contributed by atoms with E-state index in [9.17, 15) is 18.0 Å². The summed E-state index contributed by atoms with van der Waals surface area (Å²) >= 11 is 6.52. The molecule has 9 heteroatoms. The summed E-state index contributed by atoms with van der Waals surface area (Å²) in [4.78, 5) is 29.6. The number of hydrogen-bond donors (Lipinski definition) is 1. The van der Waals surface area contributed by atoms with Crippen LogP contribution in [0.25, 0.3) is 0 Å². The number of aryl methyl sites for hydroxylation is 2. The van der Waals surface area contributed by atoms with Crippen LogP contribution in [0.1, 0.15) is 47.9 Å². The van der Waals surface area contributed by atoms with Gasteiger partial charge in [-0.25, -0.2) is 8.42 Å². The van der Waals surface area contributed by atoms with Crippen LogP contribution in [0.15, 0.2) is 72.8 Å². The first-order chi connectivity index (χ1) is 19.5. The van der Waals surface area contributed by atoms with E-state index in [0.717, 1.165) is 52.9 Å².